The van der Waals surface area contributed by atoms with E-state index in [-0.39, 0.29) is 0 Å². The van der Waals surface area contributed by atoms with E-state index in [4.69, 9.17) is 12.6 Å². The van der Waals surface area contributed by atoms with Crippen molar-refractivity contribution in [3.8, 4) is 0 Å². The summed E-state index contributed by atoms with van der Waals surface area (Å²) in [7, 11) is 0. The van der Waals surface area contributed by atoms with Gasteiger partial charge in [-0.25, -0.2) is 0 Å². The molecule has 1 saturated carbocycles. The van der Waals surface area contributed by atoms with Crippen molar-refractivity contribution in [3.05, 3.63) is 0 Å². The third-order valence-corrected chi connectivity index (χ3v) is 9.10. The third-order valence-electron chi connectivity index (χ3n) is 3.96. The molecule has 0 aromatic carbocycles. The van der Waals surface area contributed by atoms with Gasteiger partial charge in [-0.05, 0) is 31.4 Å². The van der Waals surface area contributed by atoms with Crippen molar-refractivity contribution in [3.63, 3.8) is 0 Å². The quantitative estimate of drug-likeness (QED) is 0.616. The molecule has 3 fully saturated rings. The van der Waals surface area contributed by atoms with E-state index in [2.05, 4.69) is 35.3 Å². The molecule has 16 heavy (non-hydrogen) atoms. The standard InChI is InChI=1S/C12H20S4/c13-9-2-1-4-12(6-9,11-3-5-14-11)16-8-10-7-15-10/h9-11,13H,1-8H2. The van der Waals surface area contributed by atoms with Crippen LogP contribution in [0.2, 0.25) is 0 Å². The topological polar surface area (TPSA) is 0 Å². The SMILES string of the molecule is SC1CCCC(SCC2CS2)(C2CCS2)C1. The largest absolute Gasteiger partial charge is 0.176 e. The maximum Gasteiger partial charge on any atom is 0.0289 e. The molecule has 0 aromatic heterocycles. The first-order valence-electron chi connectivity index (χ1n) is 6.34. The molecule has 2 aliphatic heterocycles. The Morgan fingerprint density at radius 1 is 1.31 bits per heavy atom. The van der Waals surface area contributed by atoms with Gasteiger partial charge in [0.25, 0.3) is 0 Å². The van der Waals surface area contributed by atoms with Crippen molar-refractivity contribution >= 4 is 47.9 Å². The van der Waals surface area contributed by atoms with Crippen molar-refractivity contribution in [1.82, 2.24) is 0 Å². The molecule has 0 N–H and O–H groups in total. The maximum atomic E-state index is 4.76. The van der Waals surface area contributed by atoms with Gasteiger partial charge in [0.15, 0.2) is 0 Å². The lowest BCUT2D eigenvalue weighted by molar-refractivity contribution is 0.385. The van der Waals surface area contributed by atoms with E-state index in [9.17, 15) is 0 Å². The number of hydrogen-bond acceptors (Lipinski definition) is 4. The lowest BCUT2D eigenvalue weighted by atomic mass is 9.84. The van der Waals surface area contributed by atoms with Gasteiger partial charge < -0.3 is 0 Å². The van der Waals surface area contributed by atoms with Crippen molar-refractivity contribution in [2.45, 2.75) is 52.6 Å². The van der Waals surface area contributed by atoms with Crippen LogP contribution >= 0.6 is 47.9 Å². The van der Waals surface area contributed by atoms with Crippen LogP contribution in [0, 0.1) is 0 Å². The average Bonchev–Trinajstić information content (AvgIpc) is 2.95. The van der Waals surface area contributed by atoms with E-state index in [1.165, 1.54) is 49.4 Å². The van der Waals surface area contributed by atoms with E-state index >= 15 is 0 Å². The molecule has 2 heterocycles. The summed E-state index contributed by atoms with van der Waals surface area (Å²) in [6.45, 7) is 0. The second-order valence-electron chi connectivity index (χ2n) is 5.23. The summed E-state index contributed by atoms with van der Waals surface area (Å²) >= 11 is 11.4. The lowest BCUT2D eigenvalue weighted by Crippen LogP contribution is -2.46. The van der Waals surface area contributed by atoms with E-state index in [1.54, 1.807) is 0 Å². The molecule has 0 bridgehead atoms. The van der Waals surface area contributed by atoms with Crippen LogP contribution < -0.4 is 0 Å². The molecule has 0 spiro atoms. The molecule has 4 atom stereocenters. The molecule has 0 radical (unpaired) electrons. The molecule has 0 amide bonds. The zero-order valence-electron chi connectivity index (χ0n) is 9.56. The summed E-state index contributed by atoms with van der Waals surface area (Å²) < 4.78 is 0.608. The first kappa shape index (κ1) is 12.4. The van der Waals surface area contributed by atoms with Gasteiger partial charge >= 0.3 is 0 Å². The molecule has 3 rings (SSSR count). The Bertz CT molecular complexity index is 249. The van der Waals surface area contributed by atoms with E-state index in [0.29, 0.717) is 10.00 Å². The van der Waals surface area contributed by atoms with Gasteiger partial charge in [0.05, 0.1) is 0 Å². The fraction of sp³-hybridized carbons (Fsp3) is 1.00. The summed E-state index contributed by atoms with van der Waals surface area (Å²) in [5, 5.41) is 2.62. The Hall–Kier alpha value is 1.40. The molecule has 0 nitrogen and oxygen atoms in total. The fourth-order valence-electron chi connectivity index (χ4n) is 2.83. The second-order valence-corrected chi connectivity index (χ2v) is 10.0. The molecule has 2 saturated heterocycles. The monoisotopic (exact) mass is 292 g/mol. The van der Waals surface area contributed by atoms with Gasteiger partial charge in [-0.1, -0.05) is 6.42 Å². The van der Waals surface area contributed by atoms with Crippen LogP contribution in [0.15, 0.2) is 0 Å². The van der Waals surface area contributed by atoms with Gasteiger partial charge in [0.2, 0.25) is 0 Å². The first-order valence-corrected chi connectivity index (χ1v) is 9.94. The van der Waals surface area contributed by atoms with E-state index in [1.807, 2.05) is 0 Å². The number of thiol groups is 1. The fourth-order valence-corrected chi connectivity index (χ4v) is 7.40. The van der Waals surface area contributed by atoms with E-state index < -0.39 is 0 Å². The Morgan fingerprint density at radius 3 is 2.69 bits per heavy atom. The van der Waals surface area contributed by atoms with Crippen molar-refractivity contribution in [1.29, 1.82) is 0 Å². The Kier molecular flexibility index (Phi) is 4.03. The van der Waals surface area contributed by atoms with Gasteiger partial charge in [-0.2, -0.15) is 47.9 Å². The molecule has 4 heteroatoms. The molecule has 3 aliphatic rings. The summed E-state index contributed by atoms with van der Waals surface area (Å²) in [5.41, 5.74) is 0. The molecule has 4 unspecified atom stereocenters. The highest BCUT2D eigenvalue weighted by molar-refractivity contribution is 8.09. The highest BCUT2D eigenvalue weighted by Crippen LogP contribution is 2.53. The van der Waals surface area contributed by atoms with E-state index in [0.717, 1.165) is 10.5 Å². The molecule has 92 valence electrons. The summed E-state index contributed by atoms with van der Waals surface area (Å²) in [5.74, 6) is 4.23. The van der Waals surface area contributed by atoms with Crippen molar-refractivity contribution < 1.29 is 0 Å². The predicted molar refractivity (Wildman–Crippen MR) is 83.5 cm³/mol. The minimum absolute atomic E-state index is 0.608. The summed E-state index contributed by atoms with van der Waals surface area (Å²) in [6.07, 6.45) is 7.06. The van der Waals surface area contributed by atoms with Crippen LogP contribution in [0.4, 0.5) is 0 Å². The molecular formula is C12H20S4. The number of thioether (sulfide) groups is 3. The maximum absolute atomic E-state index is 4.76. The minimum atomic E-state index is 0.608. The third kappa shape index (κ3) is 2.70. The lowest BCUT2D eigenvalue weighted by Gasteiger charge is -2.48. The van der Waals surface area contributed by atoms with Crippen LogP contribution in [0.5, 0.6) is 0 Å². The van der Waals surface area contributed by atoms with Crippen LogP contribution in [0.25, 0.3) is 0 Å². The normalized spacial score (nSPS) is 47.4. The van der Waals surface area contributed by atoms with Crippen LogP contribution in [-0.2, 0) is 0 Å². The molecule has 0 aromatic rings. The summed E-state index contributed by atoms with van der Waals surface area (Å²) in [4.78, 5) is 0. The van der Waals surface area contributed by atoms with Crippen LogP contribution in [-0.4, -0.2) is 37.8 Å². The average molecular weight is 293 g/mol. The molecule has 1 aliphatic carbocycles. The first-order chi connectivity index (χ1) is 7.78. The highest BCUT2D eigenvalue weighted by Gasteiger charge is 2.46. The van der Waals surface area contributed by atoms with Gasteiger partial charge in [-0.15, -0.1) is 0 Å². The predicted octanol–water partition coefficient (Wildman–Crippen LogP) is 3.95. The zero-order chi connectivity index (χ0) is 11.0. The number of hydrogen-bond donors (Lipinski definition) is 1. The van der Waals surface area contributed by atoms with Crippen LogP contribution in [0.1, 0.15) is 32.1 Å². The zero-order valence-corrected chi connectivity index (χ0v) is 12.9. The number of rotatable bonds is 4. The summed E-state index contributed by atoms with van der Waals surface area (Å²) in [6, 6.07) is 0. The highest BCUT2D eigenvalue weighted by atomic mass is 32.2. The van der Waals surface area contributed by atoms with Gasteiger partial charge in [0.1, 0.15) is 0 Å². The Morgan fingerprint density at radius 2 is 2.12 bits per heavy atom. The van der Waals surface area contributed by atoms with Crippen LogP contribution in [0.3, 0.4) is 0 Å². The van der Waals surface area contributed by atoms with Gasteiger partial charge in [0, 0.05) is 32.0 Å². The van der Waals surface area contributed by atoms with Gasteiger partial charge in [-0.3, -0.25) is 0 Å². The van der Waals surface area contributed by atoms with Crippen molar-refractivity contribution in [2.24, 2.45) is 0 Å². The Balaban J connectivity index is 1.64. The second kappa shape index (κ2) is 5.18. The molecular weight excluding hydrogens is 272 g/mol. The smallest absolute Gasteiger partial charge is 0.0289 e. The van der Waals surface area contributed by atoms with Crippen molar-refractivity contribution in [2.75, 3.05) is 17.3 Å². The Labute approximate surface area is 117 Å². The minimum Gasteiger partial charge on any atom is -0.176 e.